The maximum absolute atomic E-state index is 5.52. The minimum absolute atomic E-state index is 0. The Bertz CT molecular complexity index is 2120. The van der Waals surface area contributed by atoms with E-state index in [0.717, 1.165) is 92.6 Å². The second-order valence-corrected chi connectivity index (χ2v) is 12.7. The van der Waals surface area contributed by atoms with Crippen LogP contribution in [0.2, 0.25) is 0 Å². The summed E-state index contributed by atoms with van der Waals surface area (Å²) < 4.78 is 0. The molecule has 3 aliphatic heterocycles. The number of fused-ring (bicyclic) bond motifs is 8. The van der Waals surface area contributed by atoms with Crippen LogP contribution >= 0.6 is 0 Å². The van der Waals surface area contributed by atoms with Crippen LogP contribution in [-0.4, -0.2) is 12.1 Å². The molecule has 0 spiro atoms. The van der Waals surface area contributed by atoms with Crippen LogP contribution in [0, 0.1) is 0 Å². The van der Waals surface area contributed by atoms with E-state index in [4.69, 9.17) is 20.6 Å². The number of allylic oxidation sites excluding steroid dienone is 2. The zero-order chi connectivity index (χ0) is 31.9. The zero-order valence-electron chi connectivity index (χ0n) is 26.9. The summed E-state index contributed by atoms with van der Waals surface area (Å²) in [5, 5.41) is 13.0. The van der Waals surface area contributed by atoms with Gasteiger partial charge in [0.1, 0.15) is 0 Å². The Balaban J connectivity index is 0.00000348. The topological polar surface area (TPSA) is 56.4 Å². The molecule has 0 amide bonds. The quantitative estimate of drug-likeness (QED) is 0.176. The zero-order valence-corrected chi connectivity index (χ0v) is 27.9. The monoisotopic (exact) mass is 681 g/mol. The molecule has 6 aromatic rings. The van der Waals surface area contributed by atoms with Crippen molar-refractivity contribution in [1.82, 2.24) is 9.97 Å². The first kappa shape index (κ1) is 31.1. The molecule has 2 unspecified atom stereocenters. The van der Waals surface area contributed by atoms with Gasteiger partial charge < -0.3 is 20.6 Å². The molecule has 2 atom stereocenters. The Morgan fingerprint density at radius 3 is 1.14 bits per heavy atom. The molecule has 1 radical (unpaired) electrons. The minimum Gasteiger partial charge on any atom is -0.681 e. The predicted molar refractivity (Wildman–Crippen MR) is 194 cm³/mol. The molecule has 4 aromatic carbocycles. The molecular weight excluding hydrogens is 648 g/mol. The van der Waals surface area contributed by atoms with Gasteiger partial charge in [-0.15, -0.1) is 22.1 Å². The maximum atomic E-state index is 5.52. The second kappa shape index (κ2) is 13.4. The molecule has 9 rings (SSSR count). The Morgan fingerprint density at radius 2 is 0.755 bits per heavy atom. The van der Waals surface area contributed by atoms with E-state index in [0.29, 0.717) is 0 Å². The smallest absolute Gasteiger partial charge is 0.681 e. The molecule has 0 aliphatic carbocycles. The molecule has 5 heteroatoms. The molecule has 3 aliphatic rings. The fraction of sp³-hybridized carbons (Fsp3) is 0.136. The van der Waals surface area contributed by atoms with Crippen molar-refractivity contribution in [3.63, 3.8) is 0 Å². The van der Waals surface area contributed by atoms with Crippen LogP contribution < -0.4 is 20.7 Å². The molecule has 8 bridgehead atoms. The van der Waals surface area contributed by atoms with Crippen LogP contribution in [0.5, 0.6) is 0 Å². The van der Waals surface area contributed by atoms with Gasteiger partial charge in [0.2, 0.25) is 0 Å². The molecule has 2 saturated heterocycles. The molecule has 4 nitrogen and oxygen atoms in total. The van der Waals surface area contributed by atoms with Crippen LogP contribution in [0.1, 0.15) is 59.3 Å². The third-order valence-electron chi connectivity index (χ3n) is 9.81. The summed E-state index contributed by atoms with van der Waals surface area (Å²) in [5.41, 5.74) is 13.3. The van der Waals surface area contributed by atoms with E-state index in [1.807, 2.05) is 0 Å². The Hall–Kier alpha value is -5.22. The summed E-state index contributed by atoms with van der Waals surface area (Å²) in [4.78, 5) is 10.8. The summed E-state index contributed by atoms with van der Waals surface area (Å²) >= 11 is 0. The van der Waals surface area contributed by atoms with Crippen LogP contribution in [0.3, 0.4) is 0 Å². The molecule has 243 valence electrons. The first-order valence-electron chi connectivity index (χ1n) is 16.9. The van der Waals surface area contributed by atoms with Gasteiger partial charge in [0.25, 0.3) is 0 Å². The van der Waals surface area contributed by atoms with Gasteiger partial charge in [-0.25, -0.2) is 0 Å². The standard InChI is InChI=1S/C44H34N4.Cu/c1-5-13-29(14-6-1)41-33-21-23-35(45-33)42(30-15-7-2-8-16-30)37-25-27-39(47-37)44(32-19-11-4-12-20-32)40-28-26-38(48-40)43(31-17-9-3-10-18-31)36-24-22-34(41)46-36;/h1-21,23,26,28,34,37H,22,24-25,27H2;/q-4;+2/b41-33-,42-35-,43-36-,44-39-;. The molecule has 2 aromatic heterocycles. The summed E-state index contributed by atoms with van der Waals surface area (Å²) in [5.74, 6) is 0. The van der Waals surface area contributed by atoms with Crippen molar-refractivity contribution in [2.45, 2.75) is 37.8 Å². The second-order valence-electron chi connectivity index (χ2n) is 12.7. The Morgan fingerprint density at radius 1 is 0.388 bits per heavy atom. The maximum Gasteiger partial charge on any atom is 2.00 e. The van der Waals surface area contributed by atoms with E-state index in [9.17, 15) is 0 Å². The predicted octanol–water partition coefficient (Wildman–Crippen LogP) is 8.30. The van der Waals surface area contributed by atoms with Crippen molar-refractivity contribution in [3.8, 4) is 0 Å². The first-order valence-corrected chi connectivity index (χ1v) is 16.9. The summed E-state index contributed by atoms with van der Waals surface area (Å²) in [6, 6.07) is 51.3. The third-order valence-corrected chi connectivity index (χ3v) is 9.81. The van der Waals surface area contributed by atoms with E-state index in [1.54, 1.807) is 0 Å². The molecule has 49 heavy (non-hydrogen) atoms. The fourth-order valence-corrected chi connectivity index (χ4v) is 7.67. The molecule has 5 heterocycles. The Kier molecular flexibility index (Phi) is 8.47. The van der Waals surface area contributed by atoms with Gasteiger partial charge in [0, 0.05) is 0 Å². The molecule has 0 saturated carbocycles. The van der Waals surface area contributed by atoms with E-state index >= 15 is 0 Å². The van der Waals surface area contributed by atoms with Crippen molar-refractivity contribution in [1.29, 1.82) is 0 Å². The van der Waals surface area contributed by atoms with Crippen LogP contribution in [0.25, 0.3) is 32.9 Å². The summed E-state index contributed by atoms with van der Waals surface area (Å²) in [6.07, 6.45) is 3.56. The molecular formula is C44H34CuN4-2. The molecule has 2 fully saturated rings. The number of hydrogen-bond acceptors (Lipinski definition) is 0. The van der Waals surface area contributed by atoms with Crippen LogP contribution in [0.15, 0.2) is 157 Å². The summed E-state index contributed by atoms with van der Waals surface area (Å²) in [7, 11) is 0. The van der Waals surface area contributed by atoms with Gasteiger partial charge in [-0.2, -0.15) is 11.4 Å². The molecule has 0 N–H and O–H groups in total. The normalized spacial score (nSPS) is 23.8. The first-order chi connectivity index (χ1) is 23.8. The number of nitrogens with zero attached hydrogens (tertiary/aromatic N) is 4. The number of benzene rings is 4. The fourth-order valence-electron chi connectivity index (χ4n) is 7.67. The van der Waals surface area contributed by atoms with Crippen molar-refractivity contribution in [2.75, 3.05) is 0 Å². The number of aromatic nitrogens is 2. The van der Waals surface area contributed by atoms with Gasteiger partial charge >= 0.3 is 17.1 Å². The van der Waals surface area contributed by atoms with Crippen molar-refractivity contribution in [2.24, 2.45) is 0 Å². The van der Waals surface area contributed by atoms with E-state index < -0.39 is 0 Å². The SMILES string of the molecule is [Cu+2].c1ccc(/C2=C3\CCC([N-]3)/C(c3ccccc3)=c3/cc/c([n-]3)=C(\c3ccccc3)C3CC/C(=C(\c4ccccc4)c4ccc2[n-]4)[N-]3)cc1. The average Bonchev–Trinajstić information content (AvgIpc) is 3.98. The van der Waals surface area contributed by atoms with Crippen molar-refractivity contribution in [3.05, 3.63) is 212 Å². The Labute approximate surface area is 297 Å². The van der Waals surface area contributed by atoms with Gasteiger partial charge in [-0.1, -0.05) is 193 Å². The number of rotatable bonds is 4. The van der Waals surface area contributed by atoms with E-state index in [2.05, 4.69) is 146 Å². The minimum atomic E-state index is -0.0195. The van der Waals surface area contributed by atoms with Gasteiger partial charge in [-0.3, -0.25) is 0 Å². The van der Waals surface area contributed by atoms with Crippen LogP contribution in [0.4, 0.5) is 0 Å². The van der Waals surface area contributed by atoms with Gasteiger partial charge in [-0.05, 0) is 35.1 Å². The summed E-state index contributed by atoms with van der Waals surface area (Å²) in [6.45, 7) is 0. The van der Waals surface area contributed by atoms with Gasteiger partial charge in [0.05, 0.1) is 0 Å². The average molecular weight is 682 g/mol. The largest absolute Gasteiger partial charge is 2.00 e. The number of hydrogen-bond donors (Lipinski definition) is 0. The van der Waals surface area contributed by atoms with Crippen LogP contribution in [-0.2, 0) is 17.1 Å². The van der Waals surface area contributed by atoms with E-state index in [-0.39, 0.29) is 29.2 Å². The van der Waals surface area contributed by atoms with Crippen molar-refractivity contribution < 1.29 is 17.1 Å². The third kappa shape index (κ3) is 5.80. The van der Waals surface area contributed by atoms with Gasteiger partial charge in [0.15, 0.2) is 0 Å². The van der Waals surface area contributed by atoms with Crippen molar-refractivity contribution >= 4 is 22.3 Å². The van der Waals surface area contributed by atoms with E-state index in [1.165, 1.54) is 11.1 Å².